The van der Waals surface area contributed by atoms with Crippen LogP contribution in [0, 0.1) is 0 Å². The van der Waals surface area contributed by atoms with Crippen molar-refractivity contribution in [1.82, 2.24) is 10.1 Å². The number of carbonyl (C=O) groups is 1. The highest BCUT2D eigenvalue weighted by atomic mass is 35.5. The summed E-state index contributed by atoms with van der Waals surface area (Å²) in [7, 11) is 0. The minimum atomic E-state index is -0.278. The molecule has 6 nitrogen and oxygen atoms in total. The van der Waals surface area contributed by atoms with Gasteiger partial charge in [0, 0.05) is 0 Å². The van der Waals surface area contributed by atoms with Crippen LogP contribution in [0.15, 0.2) is 59.1 Å². The average molecular weight is 344 g/mol. The normalized spacial score (nSPS) is 10.4. The van der Waals surface area contributed by atoms with Crippen LogP contribution in [-0.2, 0) is 17.8 Å². The summed E-state index contributed by atoms with van der Waals surface area (Å²) in [6, 6.07) is 16.3. The number of nitrogens with one attached hydrogen (secondary N) is 1. The lowest BCUT2D eigenvalue weighted by Gasteiger charge is -2.04. The Hall–Kier alpha value is -2.86. The minimum absolute atomic E-state index is 0.0138. The molecule has 0 saturated heterocycles. The van der Waals surface area contributed by atoms with E-state index < -0.39 is 0 Å². The Labute approximate surface area is 143 Å². The van der Waals surface area contributed by atoms with Crippen LogP contribution in [0.5, 0.6) is 5.75 Å². The van der Waals surface area contributed by atoms with Gasteiger partial charge >= 0.3 is 0 Å². The van der Waals surface area contributed by atoms with Gasteiger partial charge in [0.05, 0.1) is 17.1 Å². The second-order valence-corrected chi connectivity index (χ2v) is 5.32. The van der Waals surface area contributed by atoms with E-state index in [0.717, 1.165) is 0 Å². The number of nitrogens with zero attached hydrogens (tertiary/aromatic N) is 2. The van der Waals surface area contributed by atoms with Crippen LogP contribution in [-0.4, -0.2) is 16.0 Å². The predicted octanol–water partition coefficient (Wildman–Crippen LogP) is 3.48. The Morgan fingerprint density at radius 3 is 2.67 bits per heavy atom. The highest BCUT2D eigenvalue weighted by Gasteiger charge is 2.12. The van der Waals surface area contributed by atoms with Gasteiger partial charge in [-0.2, -0.15) is 4.98 Å². The number of halogens is 1. The van der Waals surface area contributed by atoms with Gasteiger partial charge in [0.15, 0.2) is 12.4 Å². The predicted molar refractivity (Wildman–Crippen MR) is 88.9 cm³/mol. The molecule has 0 atom stereocenters. The second kappa shape index (κ2) is 7.61. The molecule has 0 radical (unpaired) electrons. The lowest BCUT2D eigenvalue weighted by atomic mass is 10.3. The van der Waals surface area contributed by atoms with E-state index in [0.29, 0.717) is 22.4 Å². The first-order valence-corrected chi connectivity index (χ1v) is 7.62. The van der Waals surface area contributed by atoms with Crippen molar-refractivity contribution in [3.05, 3.63) is 71.3 Å². The minimum Gasteiger partial charge on any atom is -0.484 e. The van der Waals surface area contributed by atoms with Crippen molar-refractivity contribution in [2.45, 2.75) is 13.0 Å². The molecule has 0 saturated carbocycles. The molecular weight excluding hydrogens is 330 g/mol. The second-order valence-electron chi connectivity index (χ2n) is 4.91. The van der Waals surface area contributed by atoms with Gasteiger partial charge in [-0.3, -0.25) is 4.79 Å². The van der Waals surface area contributed by atoms with E-state index in [1.54, 1.807) is 24.3 Å². The first-order chi connectivity index (χ1) is 11.7. The summed E-state index contributed by atoms with van der Waals surface area (Å²) >= 11 is 5.99. The van der Waals surface area contributed by atoms with Gasteiger partial charge in [0.1, 0.15) is 5.75 Å². The Balaban J connectivity index is 1.54. The molecule has 1 heterocycles. The lowest BCUT2D eigenvalue weighted by molar-refractivity contribution is -0.115. The third-order valence-electron chi connectivity index (χ3n) is 3.08. The van der Waals surface area contributed by atoms with E-state index in [1.165, 1.54) is 0 Å². The van der Waals surface area contributed by atoms with Crippen molar-refractivity contribution in [2.24, 2.45) is 0 Å². The molecule has 122 valence electrons. The van der Waals surface area contributed by atoms with Crippen LogP contribution < -0.4 is 10.1 Å². The van der Waals surface area contributed by atoms with E-state index in [4.69, 9.17) is 20.9 Å². The van der Waals surface area contributed by atoms with Crippen molar-refractivity contribution in [3.63, 3.8) is 0 Å². The van der Waals surface area contributed by atoms with Crippen molar-refractivity contribution in [3.8, 4) is 5.75 Å². The molecule has 3 aromatic rings. The van der Waals surface area contributed by atoms with E-state index in [1.807, 2.05) is 30.3 Å². The molecule has 0 aliphatic heterocycles. The molecule has 1 aromatic heterocycles. The van der Waals surface area contributed by atoms with Crippen molar-refractivity contribution in [1.29, 1.82) is 0 Å². The average Bonchev–Trinajstić information content (AvgIpc) is 3.03. The standard InChI is InChI=1S/C17H14ClN3O3/c18-13-8-4-5-9-14(13)19-16(22)10-15-20-17(24-21-15)11-23-12-6-2-1-3-7-12/h1-9H,10-11H2,(H,19,22). The molecule has 0 bridgehead atoms. The van der Waals surface area contributed by atoms with Gasteiger partial charge in [0.25, 0.3) is 5.89 Å². The van der Waals surface area contributed by atoms with Gasteiger partial charge in [0.2, 0.25) is 5.91 Å². The monoisotopic (exact) mass is 343 g/mol. The molecule has 0 aliphatic carbocycles. The van der Waals surface area contributed by atoms with Gasteiger partial charge in [-0.15, -0.1) is 0 Å². The molecule has 0 spiro atoms. The van der Waals surface area contributed by atoms with Crippen LogP contribution in [0.3, 0.4) is 0 Å². The number of anilines is 1. The molecule has 1 amide bonds. The number of rotatable bonds is 6. The first-order valence-electron chi connectivity index (χ1n) is 7.24. The summed E-state index contributed by atoms with van der Waals surface area (Å²) in [5, 5.41) is 6.94. The fourth-order valence-electron chi connectivity index (χ4n) is 1.98. The maximum absolute atomic E-state index is 12.0. The van der Waals surface area contributed by atoms with Crippen molar-refractivity contribution in [2.75, 3.05) is 5.32 Å². The molecule has 1 N–H and O–H groups in total. The quantitative estimate of drug-likeness (QED) is 0.741. The zero-order valence-electron chi connectivity index (χ0n) is 12.6. The van der Waals surface area contributed by atoms with E-state index in [9.17, 15) is 4.79 Å². The number of aromatic nitrogens is 2. The summed E-state index contributed by atoms with van der Waals surface area (Å²) < 4.78 is 10.6. The van der Waals surface area contributed by atoms with Crippen LogP contribution >= 0.6 is 11.6 Å². The number of amides is 1. The lowest BCUT2D eigenvalue weighted by Crippen LogP contribution is -2.15. The summed E-state index contributed by atoms with van der Waals surface area (Å²) in [6.45, 7) is 0.142. The molecule has 0 aliphatic rings. The summed E-state index contributed by atoms with van der Waals surface area (Å²) in [4.78, 5) is 16.1. The highest BCUT2D eigenvalue weighted by molar-refractivity contribution is 6.33. The molecule has 2 aromatic carbocycles. The van der Waals surface area contributed by atoms with E-state index >= 15 is 0 Å². The van der Waals surface area contributed by atoms with E-state index in [2.05, 4.69) is 15.5 Å². The Morgan fingerprint density at radius 2 is 1.88 bits per heavy atom. The van der Waals surface area contributed by atoms with Crippen LogP contribution in [0.4, 0.5) is 5.69 Å². The third-order valence-corrected chi connectivity index (χ3v) is 3.41. The van der Waals surface area contributed by atoms with Crippen LogP contribution in [0.1, 0.15) is 11.7 Å². The van der Waals surface area contributed by atoms with Gasteiger partial charge in [-0.05, 0) is 24.3 Å². The zero-order chi connectivity index (χ0) is 16.8. The van der Waals surface area contributed by atoms with Crippen LogP contribution in [0.2, 0.25) is 5.02 Å². The molecule has 0 fully saturated rings. The summed E-state index contributed by atoms with van der Waals surface area (Å²) in [5.41, 5.74) is 0.542. The smallest absolute Gasteiger partial charge is 0.264 e. The molecule has 3 rings (SSSR count). The van der Waals surface area contributed by atoms with Crippen molar-refractivity contribution < 1.29 is 14.1 Å². The number of ether oxygens (including phenoxy) is 1. The molecular formula is C17H14ClN3O3. The Bertz CT molecular complexity index is 821. The summed E-state index contributed by atoms with van der Waals surface area (Å²) in [5.74, 6) is 1.01. The van der Waals surface area contributed by atoms with E-state index in [-0.39, 0.29) is 24.8 Å². The fourth-order valence-corrected chi connectivity index (χ4v) is 2.17. The zero-order valence-corrected chi connectivity index (χ0v) is 13.4. The topological polar surface area (TPSA) is 77.2 Å². The number of carbonyl (C=O) groups excluding carboxylic acids is 1. The van der Waals surface area contributed by atoms with Gasteiger partial charge in [-0.1, -0.05) is 47.1 Å². The number of hydrogen-bond acceptors (Lipinski definition) is 5. The van der Waals surface area contributed by atoms with Crippen molar-refractivity contribution >= 4 is 23.2 Å². The largest absolute Gasteiger partial charge is 0.484 e. The van der Waals surface area contributed by atoms with Gasteiger partial charge < -0.3 is 14.6 Å². The first kappa shape index (κ1) is 16.0. The SMILES string of the molecule is O=C(Cc1noc(COc2ccccc2)n1)Nc1ccccc1Cl. The third kappa shape index (κ3) is 4.33. The number of benzene rings is 2. The Morgan fingerprint density at radius 1 is 1.12 bits per heavy atom. The molecule has 24 heavy (non-hydrogen) atoms. The Kier molecular flexibility index (Phi) is 5.08. The number of para-hydroxylation sites is 2. The van der Waals surface area contributed by atoms with Gasteiger partial charge in [-0.25, -0.2) is 0 Å². The summed E-state index contributed by atoms with van der Waals surface area (Å²) in [6.07, 6.45) is -0.0138. The van der Waals surface area contributed by atoms with Crippen LogP contribution in [0.25, 0.3) is 0 Å². The maximum atomic E-state index is 12.0. The molecule has 7 heteroatoms. The fraction of sp³-hybridized carbons (Fsp3) is 0.118. The molecule has 0 unspecified atom stereocenters. The maximum Gasteiger partial charge on any atom is 0.264 e. The highest BCUT2D eigenvalue weighted by Crippen LogP contribution is 2.20. The number of hydrogen-bond donors (Lipinski definition) is 1.